The van der Waals surface area contributed by atoms with Crippen LogP contribution in [0.1, 0.15) is 54.2 Å². The van der Waals surface area contributed by atoms with Crippen molar-refractivity contribution < 1.29 is 9.21 Å². The maximum Gasteiger partial charge on any atom is 0.263 e. The number of hydrogen-bond donors (Lipinski definition) is 1. The third-order valence-electron chi connectivity index (χ3n) is 5.09. The monoisotopic (exact) mass is 389 g/mol. The molecule has 0 saturated carbocycles. The molecule has 1 aliphatic rings. The maximum atomic E-state index is 12.5. The van der Waals surface area contributed by atoms with Crippen LogP contribution in [0.2, 0.25) is 0 Å². The minimum atomic E-state index is -0.0280. The van der Waals surface area contributed by atoms with Crippen molar-refractivity contribution in [1.82, 2.24) is 15.2 Å². The van der Waals surface area contributed by atoms with Crippen LogP contribution in [0.15, 0.2) is 16.5 Å². The number of aromatic nitrogens is 1. The number of thiazole rings is 1. The number of amides is 1. The van der Waals surface area contributed by atoms with E-state index < -0.39 is 0 Å². The topological polar surface area (TPSA) is 58.4 Å². The first-order chi connectivity index (χ1) is 12.9. The fourth-order valence-electron chi connectivity index (χ4n) is 3.98. The Hall–Kier alpha value is -1.66. The van der Waals surface area contributed by atoms with Crippen LogP contribution in [0.25, 0.3) is 10.8 Å². The van der Waals surface area contributed by atoms with Crippen LogP contribution in [0, 0.1) is 25.7 Å². The van der Waals surface area contributed by atoms with Crippen molar-refractivity contribution in [2.75, 3.05) is 26.2 Å². The van der Waals surface area contributed by atoms with E-state index in [9.17, 15) is 4.79 Å². The standard InChI is InChI=1S/C21H31N3O2S/c1-14-11-15(2)13-24(12-14)10-6-5-9-22-20(25)19-17(4)23-21(27-19)18-8-7-16(3)26-18/h7-8,14-15H,5-6,9-13H2,1-4H3,(H,22,25). The number of hydrogen-bond acceptors (Lipinski definition) is 5. The SMILES string of the molecule is Cc1ccc(-c2nc(C)c(C(=O)NCCCCN3CC(C)CC(C)C3)s2)o1. The Morgan fingerprint density at radius 2 is 2.00 bits per heavy atom. The lowest BCUT2D eigenvalue weighted by Crippen LogP contribution is -2.39. The van der Waals surface area contributed by atoms with Crippen molar-refractivity contribution in [3.8, 4) is 10.8 Å². The van der Waals surface area contributed by atoms with E-state index in [0.29, 0.717) is 11.4 Å². The van der Waals surface area contributed by atoms with Gasteiger partial charge in [-0.3, -0.25) is 4.79 Å². The van der Waals surface area contributed by atoms with Crippen molar-refractivity contribution in [1.29, 1.82) is 0 Å². The summed E-state index contributed by atoms with van der Waals surface area (Å²) in [5.74, 6) is 3.15. The quantitative estimate of drug-likeness (QED) is 0.708. The molecule has 0 aromatic carbocycles. The highest BCUT2D eigenvalue weighted by Gasteiger charge is 2.21. The van der Waals surface area contributed by atoms with Crippen molar-refractivity contribution in [2.24, 2.45) is 11.8 Å². The number of aryl methyl sites for hydroxylation is 2. The van der Waals surface area contributed by atoms with E-state index >= 15 is 0 Å². The number of furan rings is 1. The summed E-state index contributed by atoms with van der Waals surface area (Å²) in [5.41, 5.74) is 0.762. The number of likely N-dealkylation sites (tertiary alicyclic amines) is 1. The molecule has 1 saturated heterocycles. The summed E-state index contributed by atoms with van der Waals surface area (Å²) < 4.78 is 5.61. The Balaban J connectivity index is 1.42. The van der Waals surface area contributed by atoms with Gasteiger partial charge >= 0.3 is 0 Å². The van der Waals surface area contributed by atoms with E-state index in [0.717, 1.165) is 53.4 Å². The van der Waals surface area contributed by atoms with Gasteiger partial charge in [0, 0.05) is 19.6 Å². The Bertz CT molecular complexity index is 757. The van der Waals surface area contributed by atoms with E-state index in [1.165, 1.54) is 30.8 Å². The number of unbranched alkanes of at least 4 members (excludes halogenated alkanes) is 1. The number of piperidine rings is 1. The molecule has 2 aromatic rings. The van der Waals surface area contributed by atoms with Gasteiger partial charge < -0.3 is 14.6 Å². The molecule has 3 rings (SSSR count). The second-order valence-electron chi connectivity index (χ2n) is 8.01. The van der Waals surface area contributed by atoms with Crippen LogP contribution in [-0.2, 0) is 0 Å². The molecule has 148 valence electrons. The molecule has 0 spiro atoms. The van der Waals surface area contributed by atoms with Crippen LogP contribution in [0.3, 0.4) is 0 Å². The van der Waals surface area contributed by atoms with Gasteiger partial charge in [0.15, 0.2) is 10.8 Å². The molecular formula is C21H31N3O2S. The molecule has 0 bridgehead atoms. The fourth-order valence-corrected chi connectivity index (χ4v) is 4.92. The smallest absolute Gasteiger partial charge is 0.263 e. The van der Waals surface area contributed by atoms with E-state index in [1.54, 1.807) is 0 Å². The molecule has 1 fully saturated rings. The van der Waals surface area contributed by atoms with Crippen molar-refractivity contribution >= 4 is 17.2 Å². The summed E-state index contributed by atoms with van der Waals surface area (Å²) in [6.07, 6.45) is 3.48. The molecule has 1 aliphatic heterocycles. The van der Waals surface area contributed by atoms with Gasteiger partial charge in [0.05, 0.1) is 5.69 Å². The lowest BCUT2D eigenvalue weighted by Gasteiger charge is -2.34. The molecule has 2 aromatic heterocycles. The third kappa shape index (κ3) is 5.42. The molecule has 5 nitrogen and oxygen atoms in total. The molecule has 0 aliphatic carbocycles. The maximum absolute atomic E-state index is 12.5. The van der Waals surface area contributed by atoms with Crippen molar-refractivity contribution in [3.05, 3.63) is 28.5 Å². The summed E-state index contributed by atoms with van der Waals surface area (Å²) in [5, 5.41) is 3.81. The molecule has 1 N–H and O–H groups in total. The molecule has 6 heteroatoms. The van der Waals surface area contributed by atoms with Crippen LogP contribution in [0.5, 0.6) is 0 Å². The summed E-state index contributed by atoms with van der Waals surface area (Å²) in [7, 11) is 0. The van der Waals surface area contributed by atoms with Gasteiger partial charge in [-0.2, -0.15) is 0 Å². The van der Waals surface area contributed by atoms with Gasteiger partial charge in [-0.05, 0) is 63.6 Å². The lowest BCUT2D eigenvalue weighted by atomic mass is 9.92. The first-order valence-electron chi connectivity index (χ1n) is 9.97. The number of carbonyl (C=O) groups excluding carboxylic acids is 1. The van der Waals surface area contributed by atoms with Crippen LogP contribution in [-0.4, -0.2) is 42.0 Å². The number of rotatable bonds is 7. The molecular weight excluding hydrogens is 358 g/mol. The zero-order valence-corrected chi connectivity index (χ0v) is 17.7. The first kappa shape index (κ1) is 20.1. The van der Waals surface area contributed by atoms with E-state index in [2.05, 4.69) is 29.0 Å². The van der Waals surface area contributed by atoms with E-state index in [1.807, 2.05) is 26.0 Å². The molecule has 3 heterocycles. The number of carbonyl (C=O) groups is 1. The van der Waals surface area contributed by atoms with Gasteiger partial charge in [0.1, 0.15) is 10.6 Å². The highest BCUT2D eigenvalue weighted by Crippen LogP contribution is 2.29. The average molecular weight is 390 g/mol. The van der Waals surface area contributed by atoms with Gasteiger partial charge in [-0.15, -0.1) is 11.3 Å². The van der Waals surface area contributed by atoms with Gasteiger partial charge in [0.25, 0.3) is 5.91 Å². The Morgan fingerprint density at radius 3 is 2.67 bits per heavy atom. The first-order valence-corrected chi connectivity index (χ1v) is 10.8. The Morgan fingerprint density at radius 1 is 1.26 bits per heavy atom. The fraction of sp³-hybridized carbons (Fsp3) is 0.619. The Labute approximate surface area is 166 Å². The minimum Gasteiger partial charge on any atom is -0.459 e. The van der Waals surface area contributed by atoms with E-state index in [-0.39, 0.29) is 5.91 Å². The van der Waals surface area contributed by atoms with Gasteiger partial charge in [0.2, 0.25) is 0 Å². The van der Waals surface area contributed by atoms with E-state index in [4.69, 9.17) is 4.42 Å². The van der Waals surface area contributed by atoms with Crippen molar-refractivity contribution in [3.63, 3.8) is 0 Å². The normalized spacial score (nSPS) is 20.7. The third-order valence-corrected chi connectivity index (χ3v) is 6.26. The summed E-state index contributed by atoms with van der Waals surface area (Å²) >= 11 is 1.40. The summed E-state index contributed by atoms with van der Waals surface area (Å²) in [6.45, 7) is 12.7. The lowest BCUT2D eigenvalue weighted by molar-refractivity contribution is 0.0955. The zero-order valence-electron chi connectivity index (χ0n) is 16.9. The minimum absolute atomic E-state index is 0.0280. The van der Waals surface area contributed by atoms with Crippen LogP contribution < -0.4 is 5.32 Å². The molecule has 2 atom stereocenters. The number of nitrogens with zero attached hydrogens (tertiary/aromatic N) is 2. The summed E-state index contributed by atoms with van der Waals surface area (Å²) in [4.78, 5) is 20.2. The van der Waals surface area contributed by atoms with Gasteiger partial charge in [-0.1, -0.05) is 13.8 Å². The largest absolute Gasteiger partial charge is 0.459 e. The average Bonchev–Trinajstić information content (AvgIpc) is 3.19. The Kier molecular flexibility index (Phi) is 6.71. The summed E-state index contributed by atoms with van der Waals surface area (Å²) in [6, 6.07) is 3.81. The van der Waals surface area contributed by atoms with Crippen LogP contribution >= 0.6 is 11.3 Å². The number of nitrogens with one attached hydrogen (secondary N) is 1. The second kappa shape index (κ2) is 9.02. The molecule has 0 radical (unpaired) electrons. The predicted molar refractivity (Wildman–Crippen MR) is 110 cm³/mol. The van der Waals surface area contributed by atoms with Gasteiger partial charge in [-0.25, -0.2) is 4.98 Å². The van der Waals surface area contributed by atoms with Crippen molar-refractivity contribution in [2.45, 2.75) is 47.0 Å². The molecule has 2 unspecified atom stereocenters. The highest BCUT2D eigenvalue weighted by atomic mass is 32.1. The predicted octanol–water partition coefficient (Wildman–Crippen LogP) is 4.51. The zero-order chi connectivity index (χ0) is 19.4. The highest BCUT2D eigenvalue weighted by molar-refractivity contribution is 7.17. The van der Waals surface area contributed by atoms with Crippen LogP contribution in [0.4, 0.5) is 0 Å². The molecule has 27 heavy (non-hydrogen) atoms. The molecule has 1 amide bonds. The second-order valence-corrected chi connectivity index (χ2v) is 9.01.